The minimum atomic E-state index is -4.74. The lowest BCUT2D eigenvalue weighted by molar-refractivity contribution is -0.161. The molecular weight excluding hydrogens is 928 g/mol. The van der Waals surface area contributed by atoms with Crippen LogP contribution in [0.2, 0.25) is 0 Å². The number of phosphoric acid groups is 1. The topological polar surface area (TPSA) is 155 Å². The van der Waals surface area contributed by atoms with Crippen molar-refractivity contribution >= 4 is 25.7 Å². The summed E-state index contributed by atoms with van der Waals surface area (Å²) in [4.78, 5) is 48.6. The van der Waals surface area contributed by atoms with Gasteiger partial charge in [-0.2, -0.15) is 0 Å². The Kier molecular flexibility index (Phi) is 54.1. The normalized spacial score (nSPS) is 13.3. The van der Waals surface area contributed by atoms with Crippen LogP contribution < -0.4 is 0 Å². The number of aliphatic hydroxyl groups excluding tert-OH is 1. The largest absolute Gasteiger partial charge is 0.472 e. The van der Waals surface area contributed by atoms with Crippen LogP contribution in [0.25, 0.3) is 0 Å². The van der Waals surface area contributed by atoms with Crippen LogP contribution in [-0.2, 0) is 42.2 Å². The van der Waals surface area contributed by atoms with Crippen LogP contribution in [0, 0.1) is 0 Å². The van der Waals surface area contributed by atoms with Gasteiger partial charge in [-0.15, -0.1) is 0 Å². The Morgan fingerprint density at radius 1 is 0.375 bits per heavy atom. The molecule has 0 aromatic carbocycles. The summed E-state index contributed by atoms with van der Waals surface area (Å²) in [6.45, 7) is 4.67. The van der Waals surface area contributed by atoms with Crippen LogP contribution in [-0.4, -0.2) is 66.5 Å². The predicted molar refractivity (Wildman–Crippen MR) is 298 cm³/mol. The Morgan fingerprint density at radius 3 is 1.00 bits per heavy atom. The molecule has 0 fully saturated rings. The van der Waals surface area contributed by atoms with E-state index in [1.165, 1.54) is 180 Å². The number of ether oxygens (including phenoxy) is 3. The zero-order chi connectivity index (χ0) is 52.7. The smallest absolute Gasteiger partial charge is 0.462 e. The van der Waals surface area contributed by atoms with Crippen molar-refractivity contribution in [1.29, 1.82) is 0 Å². The van der Waals surface area contributed by atoms with Gasteiger partial charge in [0, 0.05) is 19.3 Å². The van der Waals surface area contributed by atoms with Crippen LogP contribution >= 0.6 is 7.82 Å². The van der Waals surface area contributed by atoms with E-state index < -0.39 is 57.8 Å². The second kappa shape index (κ2) is 55.5. The summed E-state index contributed by atoms with van der Waals surface area (Å²) < 4.78 is 39.6. The van der Waals surface area contributed by atoms with Gasteiger partial charge in [-0.05, 0) is 38.5 Å². The molecule has 3 unspecified atom stereocenters. The van der Waals surface area contributed by atoms with Gasteiger partial charge in [0.15, 0.2) is 6.10 Å². The van der Waals surface area contributed by atoms with Crippen molar-refractivity contribution in [3.63, 3.8) is 0 Å². The Balaban J connectivity index is 4.65. The van der Waals surface area contributed by atoms with Gasteiger partial charge in [-0.3, -0.25) is 23.4 Å². The lowest BCUT2D eigenvalue weighted by atomic mass is 10.0. The number of esters is 3. The first-order valence-electron chi connectivity index (χ1n) is 30.6. The van der Waals surface area contributed by atoms with Crippen LogP contribution in [0.15, 0.2) is 12.2 Å². The number of hydrogen-bond donors (Lipinski definition) is 2. The van der Waals surface area contributed by atoms with Crippen molar-refractivity contribution in [2.24, 2.45) is 0 Å². The molecule has 0 saturated carbocycles. The Morgan fingerprint density at radius 2 is 0.653 bits per heavy atom. The predicted octanol–water partition coefficient (Wildman–Crippen LogP) is 18.0. The zero-order valence-corrected chi connectivity index (χ0v) is 48.1. The molecule has 3 atom stereocenters. The minimum Gasteiger partial charge on any atom is -0.462 e. The molecule has 72 heavy (non-hydrogen) atoms. The summed E-state index contributed by atoms with van der Waals surface area (Å²) in [5.41, 5.74) is 0. The third-order valence-corrected chi connectivity index (χ3v) is 14.6. The highest BCUT2D eigenvalue weighted by atomic mass is 31.2. The molecule has 0 aromatic rings. The molecule has 0 spiro atoms. The number of aliphatic hydroxyl groups is 1. The van der Waals surface area contributed by atoms with E-state index in [-0.39, 0.29) is 25.9 Å². The average molecular weight is 1040 g/mol. The highest BCUT2D eigenvalue weighted by Gasteiger charge is 2.28. The first-order valence-corrected chi connectivity index (χ1v) is 32.1. The van der Waals surface area contributed by atoms with Gasteiger partial charge in [0.2, 0.25) is 0 Å². The molecule has 0 bridgehead atoms. The van der Waals surface area contributed by atoms with Gasteiger partial charge in [0.05, 0.1) is 19.8 Å². The van der Waals surface area contributed by atoms with E-state index in [9.17, 15) is 28.9 Å². The van der Waals surface area contributed by atoms with E-state index in [1.54, 1.807) is 0 Å². The molecule has 0 aliphatic rings. The Bertz CT molecular complexity index is 1260. The molecule has 0 radical (unpaired) electrons. The molecular formula is C60H115O11P. The van der Waals surface area contributed by atoms with Crippen LogP contribution in [0.3, 0.4) is 0 Å². The van der Waals surface area contributed by atoms with Crippen molar-refractivity contribution < 1.29 is 52.2 Å². The fourth-order valence-electron chi connectivity index (χ4n) is 8.99. The minimum absolute atomic E-state index is 0.172. The summed E-state index contributed by atoms with van der Waals surface area (Å²) in [7, 11) is -4.74. The van der Waals surface area contributed by atoms with Crippen molar-refractivity contribution in [3.8, 4) is 0 Å². The van der Waals surface area contributed by atoms with E-state index in [2.05, 4.69) is 32.9 Å². The maximum Gasteiger partial charge on any atom is 0.472 e. The van der Waals surface area contributed by atoms with Crippen LogP contribution in [0.4, 0.5) is 0 Å². The maximum atomic E-state index is 12.9. The van der Waals surface area contributed by atoms with Crippen molar-refractivity contribution in [2.75, 3.05) is 26.4 Å². The second-order valence-corrected chi connectivity index (χ2v) is 22.3. The number of carbonyl (C=O) groups is 3. The highest BCUT2D eigenvalue weighted by Crippen LogP contribution is 2.43. The van der Waals surface area contributed by atoms with Crippen molar-refractivity contribution in [2.45, 2.75) is 328 Å². The van der Waals surface area contributed by atoms with Crippen LogP contribution in [0.5, 0.6) is 0 Å². The monoisotopic (exact) mass is 1040 g/mol. The van der Waals surface area contributed by atoms with E-state index in [1.807, 2.05) is 0 Å². The van der Waals surface area contributed by atoms with Gasteiger partial charge in [0.25, 0.3) is 0 Å². The molecule has 0 amide bonds. The molecule has 2 N–H and O–H groups in total. The number of carbonyl (C=O) groups excluding carboxylic acids is 3. The van der Waals surface area contributed by atoms with Crippen LogP contribution in [0.1, 0.15) is 316 Å². The highest BCUT2D eigenvalue weighted by molar-refractivity contribution is 7.47. The summed E-state index contributed by atoms with van der Waals surface area (Å²) in [5.74, 6) is -1.44. The lowest BCUT2D eigenvalue weighted by Crippen LogP contribution is -2.30. The zero-order valence-electron chi connectivity index (χ0n) is 47.2. The van der Waals surface area contributed by atoms with E-state index in [0.29, 0.717) is 19.3 Å². The van der Waals surface area contributed by atoms with Crippen molar-refractivity contribution in [3.05, 3.63) is 12.2 Å². The standard InChI is InChI=1S/C60H115O11P/c1-4-7-10-13-16-19-22-24-26-28-30-32-35-37-40-43-46-49-58(62)67-53-57(71-60(64)51-48-45-42-39-36-33-31-29-27-25-23-20-17-14-11-8-5-2)55-69-72(65,66)68-54-56(52-61)70-59(63)50-47-44-41-38-34-21-18-15-12-9-6-3/h15,18,56-57,61H,4-14,16-17,19-55H2,1-3H3,(H,65,66)/b18-15-. The molecule has 0 heterocycles. The fourth-order valence-corrected chi connectivity index (χ4v) is 9.77. The first-order chi connectivity index (χ1) is 35.2. The number of phosphoric ester groups is 1. The number of unbranched alkanes of at least 4 members (excludes halogenated alkanes) is 39. The van der Waals surface area contributed by atoms with Gasteiger partial charge < -0.3 is 24.2 Å². The molecule has 0 rings (SSSR count). The molecule has 11 nitrogen and oxygen atoms in total. The average Bonchev–Trinajstić information content (AvgIpc) is 3.37. The molecule has 426 valence electrons. The first kappa shape index (κ1) is 70.2. The molecule has 0 aliphatic carbocycles. The molecule has 0 aromatic heterocycles. The number of rotatable bonds is 58. The summed E-state index contributed by atoms with van der Waals surface area (Å²) in [6.07, 6.45) is 54.6. The number of allylic oxidation sites excluding steroid dienone is 2. The lowest BCUT2D eigenvalue weighted by Gasteiger charge is -2.21. The third-order valence-electron chi connectivity index (χ3n) is 13.7. The Hall–Kier alpha value is -1.78. The molecule has 12 heteroatoms. The maximum absolute atomic E-state index is 12.9. The SMILES string of the molecule is CCCC/C=C\CCCCCCCC(=O)OC(CO)COP(=O)(O)OCC(COC(=O)CCCCCCCCCCCCCCCCCCC)OC(=O)CCCCCCCCCCCCCCCCCCC. The fraction of sp³-hybridized carbons (Fsp3) is 0.917. The van der Waals surface area contributed by atoms with E-state index in [4.69, 9.17) is 23.3 Å². The Labute approximate surface area is 443 Å². The second-order valence-electron chi connectivity index (χ2n) is 20.9. The van der Waals surface area contributed by atoms with Gasteiger partial charge in [-0.25, -0.2) is 4.57 Å². The van der Waals surface area contributed by atoms with Gasteiger partial charge >= 0.3 is 25.7 Å². The van der Waals surface area contributed by atoms with Gasteiger partial charge in [-0.1, -0.05) is 270 Å². The van der Waals surface area contributed by atoms with E-state index in [0.717, 1.165) is 77.0 Å². The molecule has 0 saturated heterocycles. The molecule has 0 aliphatic heterocycles. The van der Waals surface area contributed by atoms with E-state index >= 15 is 0 Å². The summed E-state index contributed by atoms with van der Waals surface area (Å²) in [5, 5.41) is 9.80. The quantitative estimate of drug-likeness (QED) is 0.0197. The third kappa shape index (κ3) is 53.1. The summed E-state index contributed by atoms with van der Waals surface area (Å²) in [6, 6.07) is 0. The summed E-state index contributed by atoms with van der Waals surface area (Å²) >= 11 is 0. The van der Waals surface area contributed by atoms with Gasteiger partial charge in [0.1, 0.15) is 12.7 Å². The van der Waals surface area contributed by atoms with Crippen molar-refractivity contribution in [1.82, 2.24) is 0 Å². The number of hydrogen-bond acceptors (Lipinski definition) is 10.